The van der Waals surface area contributed by atoms with Gasteiger partial charge in [-0.2, -0.15) is 0 Å². The molecular formula is C26H28ClN3O3S. The van der Waals surface area contributed by atoms with Crippen LogP contribution in [0.5, 0.6) is 0 Å². The molecule has 1 N–H and O–H groups in total. The van der Waals surface area contributed by atoms with Crippen LogP contribution in [-0.4, -0.2) is 32.4 Å². The molecule has 4 rings (SSSR count). The lowest BCUT2D eigenvalue weighted by atomic mass is 10.0. The number of hydrogen-bond donors (Lipinski definition) is 1. The Balaban J connectivity index is 1.43. The number of anilines is 2. The van der Waals surface area contributed by atoms with Crippen molar-refractivity contribution in [3.8, 4) is 0 Å². The van der Waals surface area contributed by atoms with Gasteiger partial charge < -0.3 is 4.90 Å². The van der Waals surface area contributed by atoms with E-state index in [2.05, 4.69) is 42.8 Å². The second kappa shape index (κ2) is 10.1. The Morgan fingerprint density at radius 1 is 0.912 bits per heavy atom. The molecule has 1 aliphatic rings. The van der Waals surface area contributed by atoms with E-state index in [0.717, 1.165) is 17.7 Å². The van der Waals surface area contributed by atoms with Gasteiger partial charge >= 0.3 is 6.03 Å². The lowest BCUT2D eigenvalue weighted by Gasteiger charge is -2.35. The summed E-state index contributed by atoms with van der Waals surface area (Å²) in [6, 6.07) is 21.2. The first kappa shape index (κ1) is 24.1. The minimum absolute atomic E-state index is 0.0475. The van der Waals surface area contributed by atoms with Gasteiger partial charge in [0, 0.05) is 36.0 Å². The summed E-state index contributed by atoms with van der Waals surface area (Å²) in [5, 5.41) is 0.469. The highest BCUT2D eigenvalue weighted by Crippen LogP contribution is 2.25. The number of rotatable bonds is 7. The minimum atomic E-state index is -3.73. The molecular weight excluding hydrogens is 470 g/mol. The van der Waals surface area contributed by atoms with Crippen molar-refractivity contribution in [1.29, 1.82) is 0 Å². The number of nitrogens with one attached hydrogen (secondary N) is 1. The van der Waals surface area contributed by atoms with Crippen LogP contribution < -0.4 is 9.62 Å². The number of nitrogens with zero attached hydrogens (tertiary/aromatic N) is 2. The molecule has 0 aliphatic carbocycles. The molecule has 8 heteroatoms. The lowest BCUT2D eigenvalue weighted by molar-refractivity contribution is 0.192. The normalized spacial score (nSPS) is 14.5. The van der Waals surface area contributed by atoms with Crippen LogP contribution in [0.4, 0.5) is 16.2 Å². The lowest BCUT2D eigenvalue weighted by Crippen LogP contribution is -2.49. The van der Waals surface area contributed by atoms with Crippen molar-refractivity contribution >= 4 is 39.0 Å². The smallest absolute Gasteiger partial charge is 0.320 e. The fourth-order valence-corrected chi connectivity index (χ4v) is 5.12. The average molecular weight is 498 g/mol. The minimum Gasteiger partial charge on any atom is -0.320 e. The Labute approximate surface area is 206 Å². The SMILES string of the molecule is CC(C)c1ccc(CN2CCCN(c3ccc(NS(=O)(=O)c4ccc(Cl)cc4)cc3)C2=O)cc1. The summed E-state index contributed by atoms with van der Waals surface area (Å²) in [6.07, 6.45) is 0.862. The van der Waals surface area contributed by atoms with Crippen LogP contribution in [0.25, 0.3) is 0 Å². The van der Waals surface area contributed by atoms with Gasteiger partial charge in [0.05, 0.1) is 4.90 Å². The molecule has 0 spiro atoms. The first-order chi connectivity index (χ1) is 16.2. The Hall–Kier alpha value is -3.03. The van der Waals surface area contributed by atoms with Gasteiger partial charge in [-0.05, 0) is 72.0 Å². The molecule has 2 amide bonds. The largest absolute Gasteiger partial charge is 0.324 e. The molecule has 178 valence electrons. The molecule has 0 radical (unpaired) electrons. The summed E-state index contributed by atoms with van der Waals surface area (Å²) >= 11 is 5.85. The monoisotopic (exact) mass is 497 g/mol. The van der Waals surface area contributed by atoms with Crippen LogP contribution in [0.15, 0.2) is 77.7 Å². The van der Waals surface area contributed by atoms with E-state index in [0.29, 0.717) is 36.3 Å². The standard InChI is InChI=1S/C26H28ClN3O3S/c1-19(2)21-6-4-20(5-7-21)18-29-16-3-17-30(26(29)31)24-12-10-23(11-13-24)28-34(32,33)25-14-8-22(27)9-15-25/h4-15,19,28H,3,16-18H2,1-2H3. The Morgan fingerprint density at radius 2 is 1.56 bits per heavy atom. The van der Waals surface area contributed by atoms with Crippen molar-refractivity contribution in [3.05, 3.63) is 88.9 Å². The first-order valence-corrected chi connectivity index (χ1v) is 13.1. The average Bonchev–Trinajstić information content (AvgIpc) is 2.81. The van der Waals surface area contributed by atoms with Crippen molar-refractivity contribution in [1.82, 2.24) is 4.90 Å². The van der Waals surface area contributed by atoms with E-state index in [9.17, 15) is 13.2 Å². The molecule has 6 nitrogen and oxygen atoms in total. The molecule has 1 heterocycles. The predicted octanol–water partition coefficient (Wildman–Crippen LogP) is 6.10. The molecule has 3 aromatic rings. The van der Waals surface area contributed by atoms with Crippen LogP contribution >= 0.6 is 11.6 Å². The molecule has 0 unspecified atom stereocenters. The summed E-state index contributed by atoms with van der Waals surface area (Å²) in [5.74, 6) is 0.472. The van der Waals surface area contributed by atoms with E-state index in [1.807, 2.05) is 4.90 Å². The van der Waals surface area contributed by atoms with Crippen LogP contribution in [0.3, 0.4) is 0 Å². The maximum atomic E-state index is 13.2. The zero-order chi connectivity index (χ0) is 24.3. The second-order valence-corrected chi connectivity index (χ2v) is 10.8. The third kappa shape index (κ3) is 5.54. The van der Waals surface area contributed by atoms with Gasteiger partial charge in [0.15, 0.2) is 0 Å². The zero-order valence-electron chi connectivity index (χ0n) is 19.2. The van der Waals surface area contributed by atoms with Crippen LogP contribution in [0.2, 0.25) is 5.02 Å². The van der Waals surface area contributed by atoms with Crippen molar-refractivity contribution in [2.24, 2.45) is 0 Å². The zero-order valence-corrected chi connectivity index (χ0v) is 20.8. The molecule has 3 aromatic carbocycles. The molecule has 0 saturated carbocycles. The van der Waals surface area contributed by atoms with E-state index >= 15 is 0 Å². The van der Waals surface area contributed by atoms with Gasteiger partial charge in [-0.3, -0.25) is 9.62 Å². The summed E-state index contributed by atoms with van der Waals surface area (Å²) in [5.41, 5.74) is 3.54. The summed E-state index contributed by atoms with van der Waals surface area (Å²) in [7, 11) is -3.73. The number of benzene rings is 3. The second-order valence-electron chi connectivity index (χ2n) is 8.71. The molecule has 0 atom stereocenters. The van der Waals surface area contributed by atoms with Gasteiger partial charge in [0.2, 0.25) is 0 Å². The van der Waals surface area contributed by atoms with Crippen LogP contribution in [-0.2, 0) is 16.6 Å². The number of hydrogen-bond acceptors (Lipinski definition) is 3. The number of urea groups is 1. The molecule has 1 saturated heterocycles. The molecule has 1 fully saturated rings. The Morgan fingerprint density at radius 3 is 2.18 bits per heavy atom. The highest BCUT2D eigenvalue weighted by atomic mass is 35.5. The van der Waals surface area contributed by atoms with Gasteiger partial charge in [-0.15, -0.1) is 0 Å². The number of carbonyl (C=O) groups excluding carboxylic acids is 1. The van der Waals surface area contributed by atoms with Gasteiger partial charge in [0.25, 0.3) is 10.0 Å². The van der Waals surface area contributed by atoms with Crippen molar-refractivity contribution in [2.45, 2.75) is 37.6 Å². The van der Waals surface area contributed by atoms with Gasteiger partial charge in [-0.1, -0.05) is 49.7 Å². The Kier molecular flexibility index (Phi) is 7.14. The first-order valence-electron chi connectivity index (χ1n) is 11.3. The maximum Gasteiger partial charge on any atom is 0.324 e. The molecule has 0 bridgehead atoms. The molecule has 1 aliphatic heterocycles. The predicted molar refractivity (Wildman–Crippen MR) is 137 cm³/mol. The third-order valence-corrected chi connectivity index (χ3v) is 7.54. The summed E-state index contributed by atoms with van der Waals surface area (Å²) in [6.45, 7) is 6.22. The highest BCUT2D eigenvalue weighted by Gasteiger charge is 2.27. The highest BCUT2D eigenvalue weighted by molar-refractivity contribution is 7.92. The van der Waals surface area contributed by atoms with Gasteiger partial charge in [-0.25, -0.2) is 13.2 Å². The van der Waals surface area contributed by atoms with E-state index in [-0.39, 0.29) is 10.9 Å². The van der Waals surface area contributed by atoms with Gasteiger partial charge in [0.1, 0.15) is 0 Å². The van der Waals surface area contributed by atoms with E-state index in [1.165, 1.54) is 29.8 Å². The maximum absolute atomic E-state index is 13.2. The fourth-order valence-electron chi connectivity index (χ4n) is 3.93. The third-order valence-electron chi connectivity index (χ3n) is 5.89. The number of amides is 2. The topological polar surface area (TPSA) is 69.7 Å². The van der Waals surface area contributed by atoms with Crippen molar-refractivity contribution in [2.75, 3.05) is 22.7 Å². The molecule has 34 heavy (non-hydrogen) atoms. The van der Waals surface area contributed by atoms with E-state index in [1.54, 1.807) is 29.2 Å². The van der Waals surface area contributed by atoms with Crippen LogP contribution in [0.1, 0.15) is 37.3 Å². The van der Waals surface area contributed by atoms with Crippen molar-refractivity contribution < 1.29 is 13.2 Å². The van der Waals surface area contributed by atoms with Crippen LogP contribution in [0, 0.1) is 0 Å². The number of sulfonamides is 1. The van der Waals surface area contributed by atoms with Crippen molar-refractivity contribution in [3.63, 3.8) is 0 Å². The summed E-state index contributed by atoms with van der Waals surface area (Å²) in [4.78, 5) is 16.9. The summed E-state index contributed by atoms with van der Waals surface area (Å²) < 4.78 is 27.8. The fraction of sp³-hybridized carbons (Fsp3) is 0.269. The number of halogens is 1. The van der Waals surface area contributed by atoms with E-state index < -0.39 is 10.0 Å². The molecule has 0 aromatic heterocycles. The van der Waals surface area contributed by atoms with E-state index in [4.69, 9.17) is 11.6 Å². The number of carbonyl (C=O) groups is 1. The Bertz CT molecular complexity index is 1240. The quantitative estimate of drug-likeness (QED) is 0.429.